The minimum absolute atomic E-state index is 0.0859. The molecule has 0 saturated carbocycles. The molecule has 4 N–H and O–H groups in total. The fourth-order valence-electron chi connectivity index (χ4n) is 3.60. The molecular formula is C24H35N4O7P3S2. The number of nitrogens with one attached hydrogen (secondary N) is 1. The summed E-state index contributed by atoms with van der Waals surface area (Å²) in [6, 6.07) is 13.2. The van der Waals surface area contributed by atoms with E-state index in [1.165, 1.54) is 24.3 Å². The molecule has 3 rings (SSSR count). The van der Waals surface area contributed by atoms with Crippen molar-refractivity contribution in [1.82, 2.24) is 15.0 Å². The van der Waals surface area contributed by atoms with E-state index in [1.807, 2.05) is 36.1 Å². The van der Waals surface area contributed by atoms with E-state index in [-0.39, 0.29) is 11.7 Å². The largest absolute Gasteiger partial charge is 0.454 e. The van der Waals surface area contributed by atoms with Gasteiger partial charge in [0.25, 0.3) is 0 Å². The van der Waals surface area contributed by atoms with Gasteiger partial charge in [0, 0.05) is 27.7 Å². The third kappa shape index (κ3) is 10.4. The minimum atomic E-state index is -4.65. The predicted molar refractivity (Wildman–Crippen MR) is 166 cm³/mol. The molecule has 0 radical (unpaired) electrons. The fourth-order valence-corrected chi connectivity index (χ4v) is 6.39. The first-order valence-electron chi connectivity index (χ1n) is 12.3. The smallest absolute Gasteiger partial charge is 0.358 e. The van der Waals surface area contributed by atoms with Gasteiger partial charge in [-0.05, 0) is 89.9 Å². The molecule has 40 heavy (non-hydrogen) atoms. The van der Waals surface area contributed by atoms with Crippen LogP contribution < -0.4 is 14.5 Å². The maximum atomic E-state index is 11.2. The number of aliphatic hydroxyl groups excluding tert-OH is 1. The molecule has 1 aliphatic rings. The van der Waals surface area contributed by atoms with Crippen molar-refractivity contribution in [2.24, 2.45) is 11.0 Å². The number of methoxy groups -OCH3 is 1. The maximum absolute atomic E-state index is 11.2. The molecule has 0 spiro atoms. The van der Waals surface area contributed by atoms with Crippen LogP contribution in [0.3, 0.4) is 0 Å². The van der Waals surface area contributed by atoms with E-state index < -0.39 is 27.6 Å². The standard InChI is InChI=1S/C24H35N4O7P3S2/c1-27(25-16-18-4-10-21(33-3)11-5-18)36(39)34-22-12-6-19(7-13-22)17-26-28(2)37(40)35-23-14-8-20(9-15-23)24(29)38(30,31)32/h4,6-10,12-15,17-18,21,24-25,29,36-37H,5,11,16H2,1-3H3,(H2,30,31,32)/b26-17+. The van der Waals surface area contributed by atoms with Crippen molar-refractivity contribution in [3.8, 4) is 11.5 Å². The van der Waals surface area contributed by atoms with Gasteiger partial charge < -0.3 is 28.7 Å². The number of hydrogen-bond acceptors (Lipinski definition) is 9. The second kappa shape index (κ2) is 15.7. The van der Waals surface area contributed by atoms with Crippen LogP contribution in [-0.4, -0.2) is 64.5 Å². The predicted octanol–water partition coefficient (Wildman–Crippen LogP) is 4.01. The maximum Gasteiger partial charge on any atom is 0.358 e. The van der Waals surface area contributed by atoms with Crippen LogP contribution >= 0.6 is 21.7 Å². The molecule has 0 heterocycles. The summed E-state index contributed by atoms with van der Waals surface area (Å²) in [4.78, 5) is 18.2. The van der Waals surface area contributed by atoms with Crippen LogP contribution in [0.5, 0.6) is 11.5 Å². The first kappa shape index (κ1) is 33.0. The van der Waals surface area contributed by atoms with E-state index >= 15 is 0 Å². The topological polar surface area (TPSA) is 136 Å². The van der Waals surface area contributed by atoms with Crippen molar-refractivity contribution in [2.75, 3.05) is 27.7 Å². The zero-order chi connectivity index (χ0) is 29.3. The zero-order valence-electron chi connectivity index (χ0n) is 22.3. The van der Waals surface area contributed by atoms with E-state index in [1.54, 1.807) is 25.2 Å². The van der Waals surface area contributed by atoms with Gasteiger partial charge in [0.15, 0.2) is 12.9 Å². The van der Waals surface area contributed by atoms with E-state index in [2.05, 4.69) is 22.7 Å². The van der Waals surface area contributed by atoms with Gasteiger partial charge in [-0.25, -0.2) is 10.2 Å². The number of hydrazine groups is 1. The second-order valence-electron chi connectivity index (χ2n) is 9.02. The summed E-state index contributed by atoms with van der Waals surface area (Å²) in [6.45, 7) is 0.793. The molecule has 0 amide bonds. The quantitative estimate of drug-likeness (QED) is 0.102. The van der Waals surface area contributed by atoms with Gasteiger partial charge in [0.1, 0.15) is 11.5 Å². The molecular weight excluding hydrogens is 613 g/mol. The van der Waals surface area contributed by atoms with Crippen LogP contribution in [0.2, 0.25) is 0 Å². The molecule has 0 bridgehead atoms. The Labute approximate surface area is 246 Å². The molecule has 2 aromatic carbocycles. The average molecular weight is 649 g/mol. The van der Waals surface area contributed by atoms with Crippen LogP contribution in [-0.2, 0) is 32.9 Å². The number of hydrazone groups is 1. The number of rotatable bonds is 14. The highest BCUT2D eigenvalue weighted by molar-refractivity contribution is 8.02. The molecule has 2 aromatic rings. The van der Waals surface area contributed by atoms with Crippen LogP contribution in [0.25, 0.3) is 0 Å². The van der Waals surface area contributed by atoms with Gasteiger partial charge >= 0.3 is 7.60 Å². The SMILES string of the molecule is COC1C=CC(CNN(C)[PH](=S)Oc2ccc(/C=N/N(C)[PH](=S)Oc3ccc(C(O)P(=O)(O)O)cc3)cc2)CC1. The Morgan fingerprint density at radius 3 is 2.20 bits per heavy atom. The molecule has 0 aromatic heterocycles. The lowest BCUT2D eigenvalue weighted by molar-refractivity contribution is 0.121. The lowest BCUT2D eigenvalue weighted by Crippen LogP contribution is -2.34. The van der Waals surface area contributed by atoms with Gasteiger partial charge in [0.05, 0.1) is 12.3 Å². The normalized spacial score (nSPS) is 19.9. The van der Waals surface area contributed by atoms with Crippen molar-refractivity contribution in [3.63, 3.8) is 0 Å². The number of nitrogens with zero attached hydrogens (tertiary/aromatic N) is 3. The molecule has 5 unspecified atom stereocenters. The van der Waals surface area contributed by atoms with Crippen molar-refractivity contribution < 1.29 is 33.2 Å². The molecule has 11 nitrogen and oxygen atoms in total. The van der Waals surface area contributed by atoms with Crippen molar-refractivity contribution >= 4 is 51.6 Å². The molecule has 5 atom stereocenters. The second-order valence-corrected chi connectivity index (χ2v) is 15.6. The van der Waals surface area contributed by atoms with E-state index in [4.69, 9.17) is 47.2 Å². The molecule has 220 valence electrons. The van der Waals surface area contributed by atoms with E-state index in [0.717, 1.165) is 24.9 Å². The molecule has 16 heteroatoms. The number of hydrogen-bond donors (Lipinski definition) is 4. The van der Waals surface area contributed by atoms with Crippen molar-refractivity contribution in [1.29, 1.82) is 0 Å². The molecule has 0 fully saturated rings. The van der Waals surface area contributed by atoms with Crippen LogP contribution in [0.4, 0.5) is 0 Å². The average Bonchev–Trinajstić information content (AvgIpc) is 2.95. The van der Waals surface area contributed by atoms with Crippen LogP contribution in [0.1, 0.15) is 29.8 Å². The Balaban J connectivity index is 1.45. The van der Waals surface area contributed by atoms with Gasteiger partial charge in [-0.3, -0.25) is 4.57 Å². The Morgan fingerprint density at radius 2 is 1.65 bits per heavy atom. The highest BCUT2D eigenvalue weighted by Crippen LogP contribution is 2.50. The summed E-state index contributed by atoms with van der Waals surface area (Å²) >= 11 is 11.0. The summed E-state index contributed by atoms with van der Waals surface area (Å²) in [7, 11) is -2.96. The number of ether oxygens (including phenoxy) is 1. The number of aliphatic hydroxyl groups is 1. The lowest BCUT2D eigenvalue weighted by atomic mass is 9.94. The summed E-state index contributed by atoms with van der Waals surface area (Å²) < 4.78 is 31.7. The van der Waals surface area contributed by atoms with Crippen LogP contribution in [0.15, 0.2) is 65.8 Å². The van der Waals surface area contributed by atoms with E-state index in [0.29, 0.717) is 17.4 Å². The Bertz CT molecular complexity index is 1260. The summed E-state index contributed by atoms with van der Waals surface area (Å²) in [5.41, 5.74) is 4.28. The Hall–Kier alpha value is -1.46. The Morgan fingerprint density at radius 1 is 1.05 bits per heavy atom. The third-order valence-electron chi connectivity index (χ3n) is 6.02. The monoisotopic (exact) mass is 648 g/mol. The molecule has 0 saturated heterocycles. The molecule has 1 aliphatic carbocycles. The summed E-state index contributed by atoms with van der Waals surface area (Å²) in [5.74, 6) is -0.366. The summed E-state index contributed by atoms with van der Waals surface area (Å²) in [5, 5.41) is 14.1. The highest BCUT2D eigenvalue weighted by atomic mass is 32.4. The van der Waals surface area contributed by atoms with Crippen molar-refractivity contribution in [3.05, 3.63) is 71.8 Å². The molecule has 0 aliphatic heterocycles. The van der Waals surface area contributed by atoms with Gasteiger partial charge in [-0.1, -0.05) is 24.3 Å². The van der Waals surface area contributed by atoms with Gasteiger partial charge in [0.2, 0.25) is 7.07 Å². The fraction of sp³-hybridized carbons (Fsp3) is 0.375. The first-order chi connectivity index (χ1) is 19.0. The zero-order valence-corrected chi connectivity index (χ0v) is 26.8. The van der Waals surface area contributed by atoms with Gasteiger partial charge in [-0.2, -0.15) is 9.88 Å². The lowest BCUT2D eigenvalue weighted by Gasteiger charge is -2.26. The summed E-state index contributed by atoms with van der Waals surface area (Å²) in [6.07, 6.45) is 8.25. The first-order valence-corrected chi connectivity index (χ1v) is 18.9. The highest BCUT2D eigenvalue weighted by Gasteiger charge is 2.27. The minimum Gasteiger partial charge on any atom is -0.454 e. The van der Waals surface area contributed by atoms with Gasteiger partial charge in [-0.15, -0.1) is 0 Å². The Kier molecular flexibility index (Phi) is 13.0. The van der Waals surface area contributed by atoms with Crippen molar-refractivity contribution in [2.45, 2.75) is 24.8 Å². The third-order valence-corrected chi connectivity index (χ3v) is 11.2. The number of benzene rings is 2. The van der Waals surface area contributed by atoms with Crippen LogP contribution in [0, 0.1) is 5.92 Å². The van der Waals surface area contributed by atoms with E-state index in [9.17, 15) is 9.67 Å².